The molecule has 4 nitrogen and oxygen atoms in total. The van der Waals surface area contributed by atoms with Gasteiger partial charge in [0.25, 0.3) is 0 Å². The average molecular weight is 374 g/mol. The molecule has 2 aromatic carbocycles. The van der Waals surface area contributed by atoms with Gasteiger partial charge in [0.2, 0.25) is 5.91 Å². The van der Waals surface area contributed by atoms with Crippen LogP contribution < -0.4 is 5.32 Å². The van der Waals surface area contributed by atoms with E-state index in [0.717, 1.165) is 17.2 Å². The highest BCUT2D eigenvalue weighted by molar-refractivity contribution is 9.10. The first kappa shape index (κ1) is 17.0. The number of carbonyl (C=O) groups is 2. The van der Waals surface area contributed by atoms with Gasteiger partial charge in [-0.3, -0.25) is 4.79 Å². The van der Waals surface area contributed by atoms with Gasteiger partial charge in [-0.2, -0.15) is 0 Å². The van der Waals surface area contributed by atoms with E-state index in [2.05, 4.69) is 21.2 Å². The molecule has 0 aliphatic rings. The van der Waals surface area contributed by atoms with Crippen molar-refractivity contribution in [1.29, 1.82) is 0 Å². The normalized spacial score (nSPS) is 10.7. The lowest BCUT2D eigenvalue weighted by atomic mass is 10.1. The molecule has 118 valence electrons. The van der Waals surface area contributed by atoms with Gasteiger partial charge in [0.1, 0.15) is 0 Å². The molecule has 0 fully saturated rings. The van der Waals surface area contributed by atoms with Crippen LogP contribution in [0.4, 0.5) is 5.69 Å². The van der Waals surface area contributed by atoms with Crippen molar-refractivity contribution in [2.45, 2.75) is 12.8 Å². The maximum Gasteiger partial charge on any atom is 0.328 e. The zero-order valence-corrected chi connectivity index (χ0v) is 13.9. The summed E-state index contributed by atoms with van der Waals surface area (Å²) >= 11 is 3.38. The molecule has 0 aliphatic carbocycles. The number of nitrogens with one attached hydrogen (secondary N) is 1. The Bertz CT molecular complexity index is 726. The van der Waals surface area contributed by atoms with Crippen molar-refractivity contribution in [3.05, 3.63) is 70.2 Å². The number of carboxylic acids is 1. The highest BCUT2D eigenvalue weighted by atomic mass is 79.9. The van der Waals surface area contributed by atoms with Crippen molar-refractivity contribution in [1.82, 2.24) is 0 Å². The number of hydrogen-bond donors (Lipinski definition) is 2. The standard InChI is InChI=1S/C18H16BrNO3/c19-15-12-14(8-11-18(22)23)6-9-16(15)20-17(21)10-7-13-4-2-1-3-5-13/h1-6,8-9,11-12H,7,10H2,(H,20,21)(H,22,23)/b11-8+. The Morgan fingerprint density at radius 2 is 1.87 bits per heavy atom. The van der Waals surface area contributed by atoms with Gasteiger partial charge in [0.15, 0.2) is 0 Å². The average Bonchev–Trinajstić information content (AvgIpc) is 2.54. The third kappa shape index (κ3) is 5.71. The van der Waals surface area contributed by atoms with E-state index >= 15 is 0 Å². The van der Waals surface area contributed by atoms with Gasteiger partial charge in [0, 0.05) is 17.0 Å². The summed E-state index contributed by atoms with van der Waals surface area (Å²) < 4.78 is 0.707. The minimum absolute atomic E-state index is 0.0663. The summed E-state index contributed by atoms with van der Waals surface area (Å²) in [6, 6.07) is 15.1. The number of aryl methyl sites for hydroxylation is 1. The fourth-order valence-corrected chi connectivity index (χ4v) is 2.51. The number of benzene rings is 2. The highest BCUT2D eigenvalue weighted by Gasteiger charge is 2.06. The number of amides is 1. The number of carbonyl (C=O) groups excluding carboxylic acids is 1. The fraction of sp³-hybridized carbons (Fsp3) is 0.111. The predicted octanol–water partition coefficient (Wildman–Crippen LogP) is 4.12. The molecule has 2 rings (SSSR count). The van der Waals surface area contributed by atoms with Gasteiger partial charge in [-0.1, -0.05) is 36.4 Å². The molecule has 0 bridgehead atoms. The molecule has 0 unspecified atom stereocenters. The van der Waals surface area contributed by atoms with Gasteiger partial charge in [0.05, 0.1) is 5.69 Å². The summed E-state index contributed by atoms with van der Waals surface area (Å²) in [6.07, 6.45) is 3.65. The number of halogens is 1. The lowest BCUT2D eigenvalue weighted by molar-refractivity contribution is -0.131. The van der Waals surface area contributed by atoms with E-state index in [9.17, 15) is 9.59 Å². The Hall–Kier alpha value is -2.40. The molecule has 0 radical (unpaired) electrons. The Balaban J connectivity index is 1.94. The van der Waals surface area contributed by atoms with Gasteiger partial charge >= 0.3 is 5.97 Å². The summed E-state index contributed by atoms with van der Waals surface area (Å²) in [4.78, 5) is 22.5. The van der Waals surface area contributed by atoms with Crippen molar-refractivity contribution >= 4 is 39.6 Å². The number of carboxylic acid groups (broad SMARTS) is 1. The van der Waals surface area contributed by atoms with Crippen molar-refractivity contribution in [2.75, 3.05) is 5.32 Å². The number of rotatable bonds is 6. The first-order valence-corrected chi connectivity index (χ1v) is 7.88. The monoisotopic (exact) mass is 373 g/mol. The lowest BCUT2D eigenvalue weighted by Gasteiger charge is -2.08. The molecule has 1 amide bonds. The van der Waals surface area contributed by atoms with Gasteiger partial charge in [-0.05, 0) is 51.7 Å². The van der Waals surface area contributed by atoms with Crippen molar-refractivity contribution in [2.24, 2.45) is 0 Å². The second-order valence-corrected chi connectivity index (χ2v) is 5.80. The van der Waals surface area contributed by atoms with Crippen molar-refractivity contribution in [3.8, 4) is 0 Å². The molecule has 23 heavy (non-hydrogen) atoms. The molecular formula is C18H16BrNO3. The molecule has 0 atom stereocenters. The van der Waals surface area contributed by atoms with Crippen molar-refractivity contribution < 1.29 is 14.7 Å². The third-order valence-electron chi connectivity index (χ3n) is 3.17. The first-order chi connectivity index (χ1) is 11.0. The first-order valence-electron chi connectivity index (χ1n) is 7.09. The summed E-state index contributed by atoms with van der Waals surface area (Å²) in [7, 11) is 0. The summed E-state index contributed by atoms with van der Waals surface area (Å²) in [6.45, 7) is 0. The Kier molecular flexibility index (Phi) is 6.11. The van der Waals surface area contributed by atoms with E-state index in [1.807, 2.05) is 30.3 Å². The molecule has 5 heteroatoms. The lowest BCUT2D eigenvalue weighted by Crippen LogP contribution is -2.12. The zero-order chi connectivity index (χ0) is 16.7. The SMILES string of the molecule is O=C(O)/C=C/c1ccc(NC(=O)CCc2ccccc2)c(Br)c1. The molecule has 0 aromatic heterocycles. The summed E-state index contributed by atoms with van der Waals surface area (Å²) in [5, 5.41) is 11.5. The second-order valence-electron chi connectivity index (χ2n) is 4.94. The number of hydrogen-bond acceptors (Lipinski definition) is 2. The second kappa shape index (κ2) is 8.29. The van der Waals surface area contributed by atoms with Crippen LogP contribution in [0.5, 0.6) is 0 Å². The third-order valence-corrected chi connectivity index (χ3v) is 3.83. The van der Waals surface area contributed by atoms with Crippen LogP contribution in [0.1, 0.15) is 17.5 Å². The number of aliphatic carboxylic acids is 1. The molecule has 0 heterocycles. The maximum absolute atomic E-state index is 12.0. The minimum atomic E-state index is -1.00. The summed E-state index contributed by atoms with van der Waals surface area (Å²) in [5.41, 5.74) is 2.52. The van der Waals surface area contributed by atoms with Crippen LogP contribution in [0.2, 0.25) is 0 Å². The molecule has 0 saturated carbocycles. The highest BCUT2D eigenvalue weighted by Crippen LogP contribution is 2.24. The van der Waals surface area contributed by atoms with Crippen LogP contribution in [0.3, 0.4) is 0 Å². The zero-order valence-electron chi connectivity index (χ0n) is 12.3. The van der Waals surface area contributed by atoms with Crippen LogP contribution >= 0.6 is 15.9 Å². The molecule has 2 N–H and O–H groups in total. The van der Waals surface area contributed by atoms with Crippen LogP contribution in [0.25, 0.3) is 6.08 Å². The topological polar surface area (TPSA) is 66.4 Å². The molecule has 0 spiro atoms. The van der Waals surface area contributed by atoms with E-state index in [-0.39, 0.29) is 5.91 Å². The molecule has 0 aliphatic heterocycles. The van der Waals surface area contributed by atoms with Crippen LogP contribution in [-0.4, -0.2) is 17.0 Å². The molecule has 2 aromatic rings. The van der Waals surface area contributed by atoms with Gasteiger partial charge < -0.3 is 10.4 Å². The molecule has 0 saturated heterocycles. The quantitative estimate of drug-likeness (QED) is 0.748. The van der Waals surface area contributed by atoms with E-state index in [1.54, 1.807) is 18.2 Å². The maximum atomic E-state index is 12.0. The van der Waals surface area contributed by atoms with Crippen molar-refractivity contribution in [3.63, 3.8) is 0 Å². The van der Waals surface area contributed by atoms with E-state index < -0.39 is 5.97 Å². The largest absolute Gasteiger partial charge is 0.478 e. The van der Waals surface area contributed by atoms with Crippen LogP contribution in [0.15, 0.2) is 59.1 Å². The Morgan fingerprint density at radius 3 is 2.52 bits per heavy atom. The fourth-order valence-electron chi connectivity index (χ4n) is 2.02. The van der Waals surface area contributed by atoms with E-state index in [1.165, 1.54) is 6.08 Å². The Morgan fingerprint density at radius 1 is 1.13 bits per heavy atom. The predicted molar refractivity (Wildman–Crippen MR) is 94.2 cm³/mol. The van der Waals surface area contributed by atoms with Crippen LogP contribution in [0, 0.1) is 0 Å². The van der Waals surface area contributed by atoms with Gasteiger partial charge in [-0.15, -0.1) is 0 Å². The van der Waals surface area contributed by atoms with E-state index in [0.29, 0.717) is 23.0 Å². The van der Waals surface area contributed by atoms with E-state index in [4.69, 9.17) is 5.11 Å². The number of anilines is 1. The van der Waals surface area contributed by atoms with Gasteiger partial charge in [-0.25, -0.2) is 4.79 Å². The molecular weight excluding hydrogens is 358 g/mol. The Labute approximate surface area is 143 Å². The minimum Gasteiger partial charge on any atom is -0.478 e. The smallest absolute Gasteiger partial charge is 0.328 e. The summed E-state index contributed by atoms with van der Waals surface area (Å²) in [5.74, 6) is -1.07. The van der Waals surface area contributed by atoms with Crippen LogP contribution in [-0.2, 0) is 16.0 Å².